The zero-order valence-corrected chi connectivity index (χ0v) is 20.7. The van der Waals surface area contributed by atoms with Crippen molar-refractivity contribution < 1.29 is 28.2 Å². The number of carboxylic acids is 1. The highest BCUT2D eigenvalue weighted by molar-refractivity contribution is 6.36. The van der Waals surface area contributed by atoms with Crippen LogP contribution in [0.3, 0.4) is 0 Å². The van der Waals surface area contributed by atoms with E-state index in [1.54, 1.807) is 30.7 Å². The summed E-state index contributed by atoms with van der Waals surface area (Å²) in [4.78, 5) is 13.4. The Bertz CT molecular complexity index is 1290. The van der Waals surface area contributed by atoms with Crippen LogP contribution in [0.25, 0.3) is 10.9 Å². The van der Waals surface area contributed by atoms with Crippen molar-refractivity contribution in [1.29, 1.82) is 0 Å². The van der Waals surface area contributed by atoms with Gasteiger partial charge in [0.05, 0.1) is 22.6 Å². The highest BCUT2D eigenvalue weighted by Gasteiger charge is 2.34. The number of nitrogens with zero attached hydrogens (tertiary/aromatic N) is 2. The summed E-state index contributed by atoms with van der Waals surface area (Å²) >= 11 is 13.2. The fraction of sp³-hybridized carbons (Fsp3) is 0.400. The summed E-state index contributed by atoms with van der Waals surface area (Å²) in [5.74, 6) is -1.90. The number of aliphatic hydroxyl groups is 1. The van der Waals surface area contributed by atoms with Crippen LogP contribution in [-0.2, 0) is 31.0 Å². The summed E-state index contributed by atoms with van der Waals surface area (Å²) in [5.41, 5.74) is 2.48. The van der Waals surface area contributed by atoms with Crippen molar-refractivity contribution in [1.82, 2.24) is 9.47 Å². The third kappa shape index (κ3) is 5.16. The number of aliphatic carboxylic acids is 1. The number of piperidine rings is 1. The van der Waals surface area contributed by atoms with Gasteiger partial charge >= 0.3 is 12.1 Å². The van der Waals surface area contributed by atoms with Crippen molar-refractivity contribution in [2.24, 2.45) is 13.0 Å². The third-order valence-corrected chi connectivity index (χ3v) is 7.62. The highest BCUT2D eigenvalue weighted by Crippen LogP contribution is 2.36. The smallest absolute Gasteiger partial charge is 0.416 e. The molecule has 2 aromatic carbocycles. The molecule has 35 heavy (non-hydrogen) atoms. The maximum absolute atomic E-state index is 13.3. The number of hydrogen-bond donors (Lipinski definition) is 2. The molecule has 1 aliphatic heterocycles. The van der Waals surface area contributed by atoms with Gasteiger partial charge in [0.1, 0.15) is 0 Å². The van der Waals surface area contributed by atoms with Crippen LogP contribution in [0.2, 0.25) is 10.0 Å². The van der Waals surface area contributed by atoms with Crippen LogP contribution in [0.5, 0.6) is 0 Å². The van der Waals surface area contributed by atoms with Gasteiger partial charge in [0.15, 0.2) is 0 Å². The van der Waals surface area contributed by atoms with Crippen LogP contribution in [0.15, 0.2) is 30.3 Å². The van der Waals surface area contributed by atoms with Gasteiger partial charge in [0.25, 0.3) is 0 Å². The molecule has 1 fully saturated rings. The Hall–Kier alpha value is -2.26. The van der Waals surface area contributed by atoms with Crippen LogP contribution < -0.4 is 0 Å². The number of fused-ring (bicyclic) bond motifs is 1. The first-order chi connectivity index (χ1) is 16.4. The van der Waals surface area contributed by atoms with Crippen LogP contribution in [0, 0.1) is 12.8 Å². The topological polar surface area (TPSA) is 65.7 Å². The fourth-order valence-electron chi connectivity index (χ4n) is 4.74. The summed E-state index contributed by atoms with van der Waals surface area (Å²) in [6.07, 6.45) is -4.65. The lowest BCUT2D eigenvalue weighted by Crippen LogP contribution is -2.46. The predicted molar refractivity (Wildman–Crippen MR) is 129 cm³/mol. The number of halogens is 5. The van der Waals surface area contributed by atoms with Crippen molar-refractivity contribution in [3.63, 3.8) is 0 Å². The molecule has 2 atom stereocenters. The summed E-state index contributed by atoms with van der Waals surface area (Å²) in [5, 5.41) is 20.9. The normalized spacial score (nSPS) is 19.4. The molecule has 4 rings (SSSR count). The van der Waals surface area contributed by atoms with E-state index in [4.69, 9.17) is 23.2 Å². The lowest BCUT2D eigenvalue weighted by Gasteiger charge is -2.34. The summed E-state index contributed by atoms with van der Waals surface area (Å²) in [7, 11) is 1.72. The van der Waals surface area contributed by atoms with Gasteiger partial charge in [-0.15, -0.1) is 0 Å². The summed E-state index contributed by atoms with van der Waals surface area (Å²) < 4.78 is 41.7. The van der Waals surface area contributed by atoms with E-state index in [1.165, 1.54) is 0 Å². The summed E-state index contributed by atoms with van der Waals surface area (Å²) in [6, 6.07) is 7.66. The Morgan fingerprint density at radius 1 is 1.20 bits per heavy atom. The molecule has 0 aliphatic carbocycles. The van der Waals surface area contributed by atoms with Crippen LogP contribution >= 0.6 is 23.2 Å². The molecule has 188 valence electrons. The van der Waals surface area contributed by atoms with Gasteiger partial charge in [-0.05, 0) is 54.3 Å². The molecule has 2 N–H and O–H groups in total. The Kier molecular flexibility index (Phi) is 7.12. The molecule has 2 heterocycles. The van der Waals surface area contributed by atoms with Gasteiger partial charge in [-0.2, -0.15) is 13.2 Å². The lowest BCUT2D eigenvalue weighted by atomic mass is 9.94. The van der Waals surface area contributed by atoms with Gasteiger partial charge in [-0.1, -0.05) is 29.3 Å². The van der Waals surface area contributed by atoms with Crippen molar-refractivity contribution in [2.45, 2.75) is 38.6 Å². The molecule has 1 aromatic heterocycles. The first-order valence-corrected chi connectivity index (χ1v) is 11.9. The van der Waals surface area contributed by atoms with E-state index in [1.807, 2.05) is 11.0 Å². The monoisotopic (exact) mass is 528 g/mol. The van der Waals surface area contributed by atoms with Gasteiger partial charge in [-0.3, -0.25) is 9.69 Å². The Morgan fingerprint density at radius 3 is 2.57 bits per heavy atom. The average Bonchev–Trinajstić information content (AvgIpc) is 3.09. The van der Waals surface area contributed by atoms with E-state index in [2.05, 4.69) is 0 Å². The minimum Gasteiger partial charge on any atom is -0.481 e. The Morgan fingerprint density at radius 2 is 1.91 bits per heavy atom. The predicted octanol–water partition coefficient (Wildman–Crippen LogP) is 5.67. The minimum atomic E-state index is -4.44. The highest BCUT2D eigenvalue weighted by atomic mass is 35.5. The summed E-state index contributed by atoms with van der Waals surface area (Å²) in [6.45, 7) is 2.78. The number of aromatic nitrogens is 1. The first-order valence-electron chi connectivity index (χ1n) is 11.1. The van der Waals surface area contributed by atoms with E-state index in [0.717, 1.165) is 28.8 Å². The number of carbonyl (C=O) groups is 1. The quantitative estimate of drug-likeness (QED) is 0.447. The molecule has 1 aliphatic rings. The zero-order chi connectivity index (χ0) is 25.7. The molecule has 0 spiro atoms. The average molecular weight is 529 g/mol. The zero-order valence-electron chi connectivity index (χ0n) is 19.2. The lowest BCUT2D eigenvalue weighted by molar-refractivity contribution is -0.149. The van der Waals surface area contributed by atoms with E-state index < -0.39 is 29.7 Å². The van der Waals surface area contributed by atoms with E-state index in [0.29, 0.717) is 52.6 Å². The second kappa shape index (κ2) is 9.65. The molecule has 0 radical (unpaired) electrons. The van der Waals surface area contributed by atoms with Crippen LogP contribution in [0.1, 0.15) is 34.4 Å². The van der Waals surface area contributed by atoms with Crippen LogP contribution in [0.4, 0.5) is 13.2 Å². The number of rotatable bonds is 5. The number of aryl methyl sites for hydroxylation is 2. The second-order valence-corrected chi connectivity index (χ2v) is 9.92. The van der Waals surface area contributed by atoms with Gasteiger partial charge in [-0.25, -0.2) is 0 Å². The molecule has 5 nitrogen and oxygen atoms in total. The molecular weight excluding hydrogens is 504 g/mol. The number of aliphatic hydroxyl groups excluding tert-OH is 1. The van der Waals surface area contributed by atoms with Crippen LogP contribution in [-0.4, -0.2) is 44.8 Å². The number of hydrogen-bond acceptors (Lipinski definition) is 3. The third-order valence-electron chi connectivity index (χ3n) is 6.79. The molecule has 0 amide bonds. The van der Waals surface area contributed by atoms with Crippen molar-refractivity contribution in [3.8, 4) is 0 Å². The molecule has 0 saturated carbocycles. The van der Waals surface area contributed by atoms with Gasteiger partial charge in [0.2, 0.25) is 0 Å². The second-order valence-electron chi connectivity index (χ2n) is 9.13. The molecule has 2 unspecified atom stereocenters. The maximum atomic E-state index is 13.3. The van der Waals surface area contributed by atoms with Crippen molar-refractivity contribution >= 4 is 40.1 Å². The van der Waals surface area contributed by atoms with E-state index >= 15 is 0 Å². The van der Waals surface area contributed by atoms with Gasteiger partial charge < -0.3 is 14.8 Å². The first kappa shape index (κ1) is 25.8. The van der Waals surface area contributed by atoms with Crippen molar-refractivity contribution in [2.75, 3.05) is 13.1 Å². The molecule has 1 saturated heterocycles. The Labute approximate surface area is 210 Å². The SMILES string of the molecule is Cc1cc(C(F)(F)F)cc2c1cc(Cc1c(Cl)ccc(CN3CCC(O)C(C(=O)O)C3)c1Cl)n2C. The number of likely N-dealkylation sites (tertiary alicyclic amines) is 1. The standard InChI is InChI=1S/C25H25Cl2F3N2O3/c1-13-7-15(25(28,29)30)8-21-17(13)9-16(31(21)2)10-18-20(26)4-3-14(23(18)27)11-32-6-5-22(33)19(12-32)24(34)35/h3-4,7-9,19,22,33H,5-6,10-12H2,1-2H3,(H,34,35). The van der Waals surface area contributed by atoms with Crippen molar-refractivity contribution in [3.05, 3.63) is 68.3 Å². The van der Waals surface area contributed by atoms with E-state index in [-0.39, 0.29) is 6.54 Å². The number of alkyl halides is 3. The minimum absolute atomic E-state index is 0.203. The molecule has 3 aromatic rings. The van der Waals surface area contributed by atoms with Gasteiger partial charge in [0, 0.05) is 54.7 Å². The largest absolute Gasteiger partial charge is 0.481 e. The maximum Gasteiger partial charge on any atom is 0.416 e. The number of carboxylic acid groups (broad SMARTS) is 1. The molecular formula is C25H25Cl2F3N2O3. The van der Waals surface area contributed by atoms with E-state index in [9.17, 15) is 28.2 Å². The fourth-order valence-corrected chi connectivity index (χ4v) is 5.31. The molecule has 0 bridgehead atoms. The molecule has 10 heteroatoms. The Balaban J connectivity index is 1.64. The number of benzene rings is 2.